The Bertz CT molecular complexity index is 367. The molecule has 1 saturated carbocycles. The molecule has 0 unspecified atom stereocenters. The minimum Gasteiger partial charge on any atom is -0.300 e. The Morgan fingerprint density at radius 3 is 2.29 bits per heavy atom. The lowest BCUT2D eigenvalue weighted by atomic mass is 10.1. The van der Waals surface area contributed by atoms with Crippen molar-refractivity contribution in [3.8, 4) is 0 Å². The van der Waals surface area contributed by atoms with Gasteiger partial charge in [-0.2, -0.15) is 0 Å². The molecule has 3 heteroatoms. The second-order valence-corrected chi connectivity index (χ2v) is 4.63. The maximum atomic E-state index is 11.1. The molecular formula is C11H10Cl2O. The van der Waals surface area contributed by atoms with Crippen LogP contribution in [0.1, 0.15) is 24.8 Å². The van der Waals surface area contributed by atoms with Crippen LogP contribution in [0.3, 0.4) is 0 Å². The van der Waals surface area contributed by atoms with Gasteiger partial charge in [0.1, 0.15) is 5.78 Å². The zero-order chi connectivity index (χ0) is 10.3. The third-order valence-electron chi connectivity index (χ3n) is 2.63. The van der Waals surface area contributed by atoms with Crippen molar-refractivity contribution in [2.24, 2.45) is 5.92 Å². The number of hydrogen-bond acceptors (Lipinski definition) is 1. The fraction of sp³-hybridized carbons (Fsp3) is 0.364. The van der Waals surface area contributed by atoms with Crippen molar-refractivity contribution in [1.29, 1.82) is 0 Å². The molecule has 0 aliphatic heterocycles. The van der Waals surface area contributed by atoms with E-state index in [2.05, 4.69) is 0 Å². The molecule has 0 heterocycles. The van der Waals surface area contributed by atoms with Gasteiger partial charge in [-0.05, 0) is 43.0 Å². The summed E-state index contributed by atoms with van der Waals surface area (Å²) in [6, 6.07) is 5.49. The summed E-state index contributed by atoms with van der Waals surface area (Å²) in [5.74, 6) is 0.777. The SMILES string of the molecule is CC(=O)[C@@H]1C[C@@H]1c1cc(Cl)cc(Cl)c1. The first kappa shape index (κ1) is 10.0. The summed E-state index contributed by atoms with van der Waals surface area (Å²) >= 11 is 11.8. The van der Waals surface area contributed by atoms with Crippen molar-refractivity contribution in [2.45, 2.75) is 19.3 Å². The molecule has 2 atom stereocenters. The van der Waals surface area contributed by atoms with Crippen molar-refractivity contribution < 1.29 is 4.79 Å². The van der Waals surface area contributed by atoms with E-state index < -0.39 is 0 Å². The number of ketones is 1. The quantitative estimate of drug-likeness (QED) is 0.755. The highest BCUT2D eigenvalue weighted by molar-refractivity contribution is 6.34. The predicted molar refractivity (Wildman–Crippen MR) is 58.0 cm³/mol. The molecule has 0 amide bonds. The lowest BCUT2D eigenvalue weighted by Crippen LogP contribution is -1.94. The summed E-state index contributed by atoms with van der Waals surface area (Å²) in [6.45, 7) is 1.64. The second-order valence-electron chi connectivity index (χ2n) is 3.76. The van der Waals surface area contributed by atoms with Gasteiger partial charge in [0, 0.05) is 16.0 Å². The van der Waals surface area contributed by atoms with Gasteiger partial charge in [0.25, 0.3) is 0 Å². The molecule has 0 saturated heterocycles. The van der Waals surface area contributed by atoms with Crippen LogP contribution in [0.5, 0.6) is 0 Å². The van der Waals surface area contributed by atoms with Crippen LogP contribution >= 0.6 is 23.2 Å². The minimum atomic E-state index is 0.185. The second kappa shape index (κ2) is 3.56. The molecule has 0 bridgehead atoms. The molecule has 2 rings (SSSR count). The summed E-state index contributed by atoms with van der Waals surface area (Å²) in [5, 5.41) is 1.28. The summed E-state index contributed by atoms with van der Waals surface area (Å²) in [7, 11) is 0. The van der Waals surface area contributed by atoms with Crippen molar-refractivity contribution in [1.82, 2.24) is 0 Å². The Hall–Kier alpha value is -0.530. The normalized spacial score (nSPS) is 24.8. The fourth-order valence-electron chi connectivity index (χ4n) is 1.80. The molecule has 1 nitrogen and oxygen atoms in total. The first-order chi connectivity index (χ1) is 6.58. The van der Waals surface area contributed by atoms with Crippen LogP contribution in [0.25, 0.3) is 0 Å². The lowest BCUT2D eigenvalue weighted by molar-refractivity contribution is -0.118. The van der Waals surface area contributed by atoms with E-state index in [4.69, 9.17) is 23.2 Å². The average Bonchev–Trinajstić information content (AvgIpc) is 2.79. The van der Waals surface area contributed by atoms with E-state index in [1.54, 1.807) is 13.0 Å². The standard InChI is InChI=1S/C11H10Cl2O/c1-6(14)10-5-11(10)7-2-8(12)4-9(13)3-7/h2-4,10-11H,5H2,1H3/t10-,11+/m0/s1. The van der Waals surface area contributed by atoms with Crippen molar-refractivity contribution in [3.05, 3.63) is 33.8 Å². The van der Waals surface area contributed by atoms with Gasteiger partial charge in [0.05, 0.1) is 0 Å². The van der Waals surface area contributed by atoms with E-state index in [1.807, 2.05) is 12.1 Å². The molecule has 1 aromatic rings. The third kappa shape index (κ3) is 1.94. The molecule has 1 fully saturated rings. The first-order valence-electron chi connectivity index (χ1n) is 4.54. The molecule has 1 aliphatic carbocycles. The number of benzene rings is 1. The van der Waals surface area contributed by atoms with Gasteiger partial charge in [-0.25, -0.2) is 0 Å². The minimum absolute atomic E-state index is 0.185. The van der Waals surface area contributed by atoms with Gasteiger partial charge in [-0.15, -0.1) is 0 Å². The van der Waals surface area contributed by atoms with Crippen LogP contribution in [0.4, 0.5) is 0 Å². The smallest absolute Gasteiger partial charge is 0.133 e. The van der Waals surface area contributed by atoms with Gasteiger partial charge in [-0.3, -0.25) is 4.79 Å². The largest absolute Gasteiger partial charge is 0.300 e. The molecule has 1 aliphatic rings. The molecule has 0 N–H and O–H groups in total. The Morgan fingerprint density at radius 1 is 1.29 bits per heavy atom. The maximum Gasteiger partial charge on any atom is 0.133 e. The van der Waals surface area contributed by atoms with E-state index in [0.29, 0.717) is 16.0 Å². The number of hydrogen-bond donors (Lipinski definition) is 0. The zero-order valence-corrected chi connectivity index (χ0v) is 9.27. The summed E-state index contributed by atoms with van der Waals surface area (Å²) in [6.07, 6.45) is 0.937. The lowest BCUT2D eigenvalue weighted by Gasteiger charge is -2.01. The number of rotatable bonds is 2. The maximum absolute atomic E-state index is 11.1. The van der Waals surface area contributed by atoms with Crippen molar-refractivity contribution in [2.75, 3.05) is 0 Å². The number of carbonyl (C=O) groups is 1. The molecule has 74 valence electrons. The third-order valence-corrected chi connectivity index (χ3v) is 3.06. The van der Waals surface area contributed by atoms with Crippen LogP contribution in [0.2, 0.25) is 10.0 Å². The highest BCUT2D eigenvalue weighted by atomic mass is 35.5. The number of Topliss-reactive ketones (excluding diaryl/α,β-unsaturated/α-hetero) is 1. The molecule has 14 heavy (non-hydrogen) atoms. The Kier molecular flexibility index (Phi) is 2.54. The summed E-state index contributed by atoms with van der Waals surface area (Å²) in [4.78, 5) is 11.1. The molecule has 0 aromatic heterocycles. The molecule has 0 spiro atoms. The van der Waals surface area contributed by atoms with Crippen LogP contribution in [-0.2, 0) is 4.79 Å². The van der Waals surface area contributed by atoms with Gasteiger partial charge < -0.3 is 0 Å². The highest BCUT2D eigenvalue weighted by Gasteiger charge is 2.41. The Morgan fingerprint density at radius 2 is 1.86 bits per heavy atom. The topological polar surface area (TPSA) is 17.1 Å². The monoisotopic (exact) mass is 228 g/mol. The Balaban J connectivity index is 2.23. The fourth-order valence-corrected chi connectivity index (χ4v) is 2.34. The van der Waals surface area contributed by atoms with E-state index in [9.17, 15) is 4.79 Å². The van der Waals surface area contributed by atoms with Gasteiger partial charge >= 0.3 is 0 Å². The Labute approximate surface area is 93.0 Å². The summed E-state index contributed by atoms with van der Waals surface area (Å²) in [5.41, 5.74) is 1.09. The number of carbonyl (C=O) groups excluding carboxylic acids is 1. The van der Waals surface area contributed by atoms with E-state index in [-0.39, 0.29) is 11.7 Å². The van der Waals surface area contributed by atoms with Crippen molar-refractivity contribution in [3.63, 3.8) is 0 Å². The van der Waals surface area contributed by atoms with E-state index >= 15 is 0 Å². The number of halogens is 2. The van der Waals surface area contributed by atoms with Crippen molar-refractivity contribution >= 4 is 29.0 Å². The zero-order valence-electron chi connectivity index (χ0n) is 7.76. The summed E-state index contributed by atoms with van der Waals surface area (Å²) < 4.78 is 0. The molecule has 0 radical (unpaired) electrons. The molecule has 1 aromatic carbocycles. The van der Waals surface area contributed by atoms with Crippen LogP contribution in [0.15, 0.2) is 18.2 Å². The van der Waals surface area contributed by atoms with E-state index in [1.165, 1.54) is 0 Å². The highest BCUT2D eigenvalue weighted by Crippen LogP contribution is 2.48. The van der Waals surface area contributed by atoms with E-state index in [0.717, 1.165) is 12.0 Å². The average molecular weight is 229 g/mol. The first-order valence-corrected chi connectivity index (χ1v) is 5.30. The van der Waals surface area contributed by atoms with Crippen LogP contribution < -0.4 is 0 Å². The predicted octanol–water partition coefficient (Wildman–Crippen LogP) is 3.69. The van der Waals surface area contributed by atoms with Crippen LogP contribution in [-0.4, -0.2) is 5.78 Å². The van der Waals surface area contributed by atoms with Gasteiger partial charge in [-0.1, -0.05) is 23.2 Å². The van der Waals surface area contributed by atoms with Gasteiger partial charge in [0.2, 0.25) is 0 Å². The van der Waals surface area contributed by atoms with Gasteiger partial charge in [0.15, 0.2) is 0 Å². The van der Waals surface area contributed by atoms with Crippen LogP contribution in [0, 0.1) is 5.92 Å². The molecular weight excluding hydrogens is 219 g/mol.